The normalized spacial score (nSPS) is 18.2. The van der Waals surface area contributed by atoms with Crippen LogP contribution >= 0.6 is 0 Å². The number of aromatic nitrogens is 1. The average molecular weight is 413 g/mol. The molecule has 2 amide bonds. The van der Waals surface area contributed by atoms with E-state index in [0.29, 0.717) is 35.8 Å². The van der Waals surface area contributed by atoms with Gasteiger partial charge in [-0.05, 0) is 30.3 Å². The predicted molar refractivity (Wildman–Crippen MR) is 108 cm³/mol. The minimum Gasteiger partial charge on any atom is -0.442 e. The number of anilines is 2. The minimum absolute atomic E-state index is 0.208. The number of pyridine rings is 1. The number of cyclic esters (lactones) is 1. The lowest BCUT2D eigenvalue weighted by Gasteiger charge is -2.20. The Balaban J connectivity index is 1.48. The fourth-order valence-corrected chi connectivity index (χ4v) is 3.23. The summed E-state index contributed by atoms with van der Waals surface area (Å²) in [7, 11) is 0. The summed E-state index contributed by atoms with van der Waals surface area (Å²) in [6.07, 6.45) is 2.08. The molecular weight excluding hydrogens is 393 g/mol. The van der Waals surface area contributed by atoms with Crippen molar-refractivity contribution in [1.29, 1.82) is 0 Å². The fourth-order valence-electron chi connectivity index (χ4n) is 3.23. The second-order valence-electron chi connectivity index (χ2n) is 6.87. The number of halogens is 1. The molecule has 10 heteroatoms. The molecule has 0 bridgehead atoms. The monoisotopic (exact) mass is 413 g/mol. The molecule has 30 heavy (non-hydrogen) atoms. The molecule has 2 aliphatic heterocycles. The highest BCUT2D eigenvalue weighted by molar-refractivity contribution is 5.90. The number of carbonyl (C=O) groups is 2. The van der Waals surface area contributed by atoms with Crippen molar-refractivity contribution in [3.63, 3.8) is 0 Å². The van der Waals surface area contributed by atoms with Gasteiger partial charge in [-0.25, -0.2) is 14.2 Å². The van der Waals surface area contributed by atoms with Gasteiger partial charge in [-0.1, -0.05) is 5.16 Å². The summed E-state index contributed by atoms with van der Waals surface area (Å²) >= 11 is 0. The fraction of sp³-hybridized carbons (Fsp3) is 0.300. The predicted octanol–water partition coefficient (Wildman–Crippen LogP) is 2.13. The standard InChI is InChI=1S/C20H20FN5O4/c1-13(27)22-10-16-11-26(20(28)30-16)15-3-4-17(18(21)8-15)14-2-5-19(23-9-14)25-6-7-29-24-12-25/h2-5,8-9,12,16H,6-7,10-11H2,1H3,(H,22,27). The first-order chi connectivity index (χ1) is 14.5. The Kier molecular flexibility index (Phi) is 5.46. The Morgan fingerprint density at radius 3 is 2.87 bits per heavy atom. The number of oxime groups is 1. The summed E-state index contributed by atoms with van der Waals surface area (Å²) in [6.45, 7) is 2.94. The van der Waals surface area contributed by atoms with Gasteiger partial charge in [0.25, 0.3) is 0 Å². The lowest BCUT2D eigenvalue weighted by Crippen LogP contribution is -2.33. The highest BCUT2D eigenvalue weighted by atomic mass is 19.1. The number of hydrogen-bond acceptors (Lipinski definition) is 7. The van der Waals surface area contributed by atoms with Crippen LogP contribution < -0.4 is 15.1 Å². The number of hydrogen-bond donors (Lipinski definition) is 1. The summed E-state index contributed by atoms with van der Waals surface area (Å²) < 4.78 is 20.0. The van der Waals surface area contributed by atoms with E-state index in [1.807, 2.05) is 4.90 Å². The second-order valence-corrected chi connectivity index (χ2v) is 6.87. The summed E-state index contributed by atoms with van der Waals surface area (Å²) in [5.74, 6) is 0.00128. The highest BCUT2D eigenvalue weighted by Crippen LogP contribution is 2.29. The zero-order valence-corrected chi connectivity index (χ0v) is 16.2. The van der Waals surface area contributed by atoms with Gasteiger partial charge in [0.15, 0.2) is 0 Å². The zero-order chi connectivity index (χ0) is 21.1. The second kappa shape index (κ2) is 8.36. The molecule has 0 radical (unpaired) electrons. The Bertz CT molecular complexity index is 982. The number of rotatable bonds is 5. The van der Waals surface area contributed by atoms with Crippen LogP contribution in [-0.4, -0.2) is 55.7 Å². The van der Waals surface area contributed by atoms with E-state index < -0.39 is 18.0 Å². The Hall–Kier alpha value is -3.69. The molecule has 1 aromatic heterocycles. The molecule has 0 aliphatic carbocycles. The summed E-state index contributed by atoms with van der Waals surface area (Å²) in [6, 6.07) is 8.11. The number of nitrogens with zero attached hydrogens (tertiary/aromatic N) is 4. The first-order valence-electron chi connectivity index (χ1n) is 9.42. The van der Waals surface area contributed by atoms with Crippen LogP contribution in [0, 0.1) is 5.82 Å². The third kappa shape index (κ3) is 4.17. The molecule has 1 unspecified atom stereocenters. The van der Waals surface area contributed by atoms with Crippen molar-refractivity contribution in [2.24, 2.45) is 5.16 Å². The number of ether oxygens (including phenoxy) is 1. The molecule has 2 aliphatic rings. The van der Waals surface area contributed by atoms with E-state index in [-0.39, 0.29) is 19.0 Å². The lowest BCUT2D eigenvalue weighted by molar-refractivity contribution is -0.119. The van der Waals surface area contributed by atoms with Gasteiger partial charge < -0.3 is 19.8 Å². The zero-order valence-electron chi connectivity index (χ0n) is 16.2. The summed E-state index contributed by atoms with van der Waals surface area (Å²) in [5.41, 5.74) is 1.37. The number of benzene rings is 1. The SMILES string of the molecule is CC(=O)NCC1CN(c2ccc(-c3ccc(N4C=NOCC4)nc3)c(F)c2)C(=O)O1. The van der Waals surface area contributed by atoms with E-state index in [2.05, 4.69) is 15.5 Å². The first kappa shape index (κ1) is 19.6. The van der Waals surface area contributed by atoms with Gasteiger partial charge in [-0.3, -0.25) is 9.69 Å². The largest absolute Gasteiger partial charge is 0.442 e. The summed E-state index contributed by atoms with van der Waals surface area (Å²) in [4.78, 5) is 35.6. The van der Waals surface area contributed by atoms with E-state index in [4.69, 9.17) is 9.57 Å². The first-order valence-corrected chi connectivity index (χ1v) is 9.42. The van der Waals surface area contributed by atoms with Crippen molar-refractivity contribution in [1.82, 2.24) is 10.3 Å². The molecule has 1 atom stereocenters. The van der Waals surface area contributed by atoms with Crippen molar-refractivity contribution in [3.05, 3.63) is 42.3 Å². The minimum atomic E-state index is -0.573. The quantitative estimate of drug-likeness (QED) is 0.807. The molecule has 9 nitrogen and oxygen atoms in total. The van der Waals surface area contributed by atoms with Crippen LogP contribution in [0.2, 0.25) is 0 Å². The number of nitrogens with one attached hydrogen (secondary N) is 1. The molecule has 3 heterocycles. The van der Waals surface area contributed by atoms with Crippen LogP contribution in [0.4, 0.5) is 20.7 Å². The van der Waals surface area contributed by atoms with E-state index in [1.165, 1.54) is 17.9 Å². The number of carbonyl (C=O) groups excluding carboxylic acids is 2. The molecule has 1 aromatic carbocycles. The molecular formula is C20H20FN5O4. The van der Waals surface area contributed by atoms with Crippen molar-refractivity contribution in [2.75, 3.05) is 36.0 Å². The Labute approximate surface area is 172 Å². The van der Waals surface area contributed by atoms with Crippen LogP contribution in [0.5, 0.6) is 0 Å². The summed E-state index contributed by atoms with van der Waals surface area (Å²) in [5, 5.41) is 6.35. The van der Waals surface area contributed by atoms with Gasteiger partial charge in [0.2, 0.25) is 5.91 Å². The maximum atomic E-state index is 14.8. The molecule has 1 N–H and O–H groups in total. The van der Waals surface area contributed by atoms with Crippen molar-refractivity contribution >= 4 is 29.8 Å². The van der Waals surface area contributed by atoms with Crippen LogP contribution in [-0.2, 0) is 14.4 Å². The van der Waals surface area contributed by atoms with Gasteiger partial charge in [0.1, 0.15) is 30.7 Å². The van der Waals surface area contributed by atoms with Gasteiger partial charge in [0.05, 0.1) is 25.3 Å². The van der Waals surface area contributed by atoms with E-state index in [9.17, 15) is 14.0 Å². The van der Waals surface area contributed by atoms with Crippen molar-refractivity contribution in [2.45, 2.75) is 13.0 Å². The maximum absolute atomic E-state index is 14.8. The topological polar surface area (TPSA) is 96.4 Å². The van der Waals surface area contributed by atoms with Gasteiger partial charge >= 0.3 is 6.09 Å². The van der Waals surface area contributed by atoms with Crippen LogP contribution in [0.25, 0.3) is 11.1 Å². The average Bonchev–Trinajstić information content (AvgIpc) is 3.13. The van der Waals surface area contributed by atoms with Gasteiger partial charge in [-0.2, -0.15) is 0 Å². The molecule has 156 valence electrons. The van der Waals surface area contributed by atoms with Gasteiger partial charge in [0, 0.05) is 24.2 Å². The van der Waals surface area contributed by atoms with Crippen LogP contribution in [0.15, 0.2) is 41.7 Å². The van der Waals surface area contributed by atoms with Crippen molar-refractivity contribution in [3.8, 4) is 11.1 Å². The smallest absolute Gasteiger partial charge is 0.414 e. The molecule has 2 aromatic rings. The number of amides is 2. The van der Waals surface area contributed by atoms with Gasteiger partial charge in [-0.15, -0.1) is 0 Å². The van der Waals surface area contributed by atoms with Crippen LogP contribution in [0.1, 0.15) is 6.92 Å². The Morgan fingerprint density at radius 2 is 2.20 bits per heavy atom. The van der Waals surface area contributed by atoms with E-state index in [0.717, 1.165) is 0 Å². The molecule has 1 fully saturated rings. The maximum Gasteiger partial charge on any atom is 0.414 e. The van der Waals surface area contributed by atoms with E-state index in [1.54, 1.807) is 36.8 Å². The van der Waals surface area contributed by atoms with Crippen molar-refractivity contribution < 1.29 is 23.6 Å². The molecule has 0 saturated carbocycles. The third-order valence-corrected chi connectivity index (χ3v) is 4.75. The molecule has 1 saturated heterocycles. The van der Waals surface area contributed by atoms with E-state index >= 15 is 0 Å². The molecule has 4 rings (SSSR count). The highest BCUT2D eigenvalue weighted by Gasteiger charge is 2.32. The lowest BCUT2D eigenvalue weighted by atomic mass is 10.1. The Morgan fingerprint density at radius 1 is 1.33 bits per heavy atom. The molecule has 0 spiro atoms. The van der Waals surface area contributed by atoms with Crippen LogP contribution in [0.3, 0.4) is 0 Å². The third-order valence-electron chi connectivity index (χ3n) is 4.75.